The number of ether oxygens (including phenoxy) is 3. The smallest absolute Gasteiger partial charge is 0.203 e. The van der Waals surface area contributed by atoms with Gasteiger partial charge in [-0.3, -0.25) is 0 Å². The number of hydrogen-bond donors (Lipinski definition) is 1. The fraction of sp³-hybridized carbons (Fsp3) is 0.647. The van der Waals surface area contributed by atoms with Crippen LogP contribution in [0.1, 0.15) is 45.6 Å². The van der Waals surface area contributed by atoms with E-state index in [9.17, 15) is 0 Å². The molecule has 1 N–H and O–H groups in total. The van der Waals surface area contributed by atoms with E-state index in [0.29, 0.717) is 13.2 Å². The van der Waals surface area contributed by atoms with Gasteiger partial charge in [-0.05, 0) is 37.0 Å². The molecule has 1 heterocycles. The van der Waals surface area contributed by atoms with E-state index < -0.39 is 0 Å². The van der Waals surface area contributed by atoms with Gasteiger partial charge >= 0.3 is 0 Å². The van der Waals surface area contributed by atoms with Gasteiger partial charge in [0.05, 0.1) is 7.11 Å². The van der Waals surface area contributed by atoms with Gasteiger partial charge in [-0.2, -0.15) is 0 Å². The average molecular weight is 293 g/mol. The monoisotopic (exact) mass is 293 g/mol. The molecule has 0 aliphatic carbocycles. The molecule has 0 unspecified atom stereocenters. The fourth-order valence-electron chi connectivity index (χ4n) is 2.84. The van der Waals surface area contributed by atoms with Crippen molar-refractivity contribution in [2.75, 3.05) is 20.3 Å². The van der Waals surface area contributed by atoms with Crippen LogP contribution in [-0.4, -0.2) is 25.9 Å². The fourth-order valence-corrected chi connectivity index (χ4v) is 2.84. The molecule has 0 atom stereocenters. The van der Waals surface area contributed by atoms with E-state index in [1.807, 2.05) is 6.07 Å². The summed E-state index contributed by atoms with van der Waals surface area (Å²) in [6.45, 7) is 8.70. The van der Waals surface area contributed by atoms with Crippen molar-refractivity contribution in [1.82, 2.24) is 5.32 Å². The summed E-state index contributed by atoms with van der Waals surface area (Å²) in [7, 11) is 1.67. The minimum atomic E-state index is 0.209. The second-order valence-electron chi connectivity index (χ2n) is 5.52. The quantitative estimate of drug-likeness (QED) is 0.835. The lowest BCUT2D eigenvalue weighted by Crippen LogP contribution is -2.43. The Morgan fingerprint density at radius 2 is 1.76 bits per heavy atom. The van der Waals surface area contributed by atoms with Gasteiger partial charge in [0, 0.05) is 12.1 Å². The van der Waals surface area contributed by atoms with Crippen LogP contribution in [0, 0.1) is 0 Å². The molecule has 1 aliphatic heterocycles. The van der Waals surface area contributed by atoms with Crippen LogP contribution in [0.2, 0.25) is 0 Å². The number of nitrogens with one attached hydrogen (secondary N) is 1. The van der Waals surface area contributed by atoms with Crippen molar-refractivity contribution in [2.45, 2.75) is 52.1 Å². The normalized spacial score (nSPS) is 14.1. The molecule has 0 spiro atoms. The Morgan fingerprint density at radius 1 is 1.10 bits per heavy atom. The molecule has 2 rings (SSSR count). The minimum absolute atomic E-state index is 0.209. The van der Waals surface area contributed by atoms with Crippen molar-refractivity contribution >= 4 is 0 Å². The van der Waals surface area contributed by atoms with Crippen LogP contribution >= 0.6 is 0 Å². The van der Waals surface area contributed by atoms with Crippen LogP contribution in [0.4, 0.5) is 0 Å². The van der Waals surface area contributed by atoms with Crippen LogP contribution in [-0.2, 0) is 6.54 Å². The zero-order chi connectivity index (χ0) is 15.3. The summed E-state index contributed by atoms with van der Waals surface area (Å²) < 4.78 is 16.8. The van der Waals surface area contributed by atoms with Crippen molar-refractivity contribution in [3.8, 4) is 17.2 Å². The topological polar surface area (TPSA) is 39.7 Å². The summed E-state index contributed by atoms with van der Waals surface area (Å²) in [5.41, 5.74) is 1.37. The summed E-state index contributed by atoms with van der Waals surface area (Å²) in [4.78, 5) is 0. The Kier molecular flexibility index (Phi) is 5.34. The molecular weight excluding hydrogens is 266 g/mol. The molecule has 0 amide bonds. The Labute approximate surface area is 127 Å². The summed E-state index contributed by atoms with van der Waals surface area (Å²) in [5.74, 6) is 2.26. The van der Waals surface area contributed by atoms with Gasteiger partial charge in [-0.25, -0.2) is 0 Å². The van der Waals surface area contributed by atoms with Crippen molar-refractivity contribution in [1.29, 1.82) is 0 Å². The van der Waals surface area contributed by atoms with Crippen LogP contribution < -0.4 is 19.5 Å². The second-order valence-corrected chi connectivity index (χ2v) is 5.52. The SMILES string of the molecule is CCC(CC)(CC)NCc1cc(OC)c2c(c1)OCCO2. The van der Waals surface area contributed by atoms with Crippen molar-refractivity contribution < 1.29 is 14.2 Å². The van der Waals surface area contributed by atoms with Crippen LogP contribution in [0.3, 0.4) is 0 Å². The van der Waals surface area contributed by atoms with Crippen LogP contribution in [0.25, 0.3) is 0 Å². The first-order chi connectivity index (χ1) is 10.2. The maximum Gasteiger partial charge on any atom is 0.203 e. The number of rotatable bonds is 7. The maximum absolute atomic E-state index is 5.68. The summed E-state index contributed by atoms with van der Waals surface area (Å²) in [6.07, 6.45) is 3.38. The molecule has 0 saturated carbocycles. The predicted octanol–water partition coefficient (Wildman–Crippen LogP) is 3.52. The first-order valence-electron chi connectivity index (χ1n) is 7.89. The van der Waals surface area contributed by atoms with Gasteiger partial charge in [0.25, 0.3) is 0 Å². The molecule has 0 saturated heterocycles. The van der Waals surface area contributed by atoms with Crippen molar-refractivity contribution in [2.24, 2.45) is 0 Å². The number of hydrogen-bond acceptors (Lipinski definition) is 4. The van der Waals surface area contributed by atoms with E-state index in [4.69, 9.17) is 14.2 Å². The van der Waals surface area contributed by atoms with E-state index in [1.54, 1.807) is 7.11 Å². The Hall–Kier alpha value is -1.42. The Morgan fingerprint density at radius 3 is 2.38 bits per heavy atom. The first kappa shape index (κ1) is 16.0. The van der Waals surface area contributed by atoms with Gasteiger partial charge in [0.1, 0.15) is 13.2 Å². The average Bonchev–Trinajstić information content (AvgIpc) is 2.56. The molecule has 118 valence electrons. The van der Waals surface area contributed by atoms with Crippen LogP contribution in [0.15, 0.2) is 12.1 Å². The maximum atomic E-state index is 5.68. The van der Waals surface area contributed by atoms with Crippen molar-refractivity contribution in [3.05, 3.63) is 17.7 Å². The highest BCUT2D eigenvalue weighted by Gasteiger charge is 2.24. The summed E-state index contributed by atoms with van der Waals surface area (Å²) in [5, 5.41) is 3.70. The molecular formula is C17H27NO3. The molecule has 0 fully saturated rings. The van der Waals surface area contributed by atoms with Gasteiger partial charge in [-0.1, -0.05) is 20.8 Å². The van der Waals surface area contributed by atoms with E-state index in [1.165, 1.54) is 0 Å². The standard InChI is InChI=1S/C17H27NO3/c1-5-17(6-2,7-3)18-12-13-10-14(19-4)16-15(11-13)20-8-9-21-16/h10-11,18H,5-9,12H2,1-4H3. The van der Waals surface area contributed by atoms with E-state index >= 15 is 0 Å². The third-order valence-corrected chi connectivity index (χ3v) is 4.59. The number of benzene rings is 1. The molecule has 0 bridgehead atoms. The Balaban J connectivity index is 2.17. The highest BCUT2D eigenvalue weighted by Crippen LogP contribution is 2.40. The Bertz CT molecular complexity index is 444. The largest absolute Gasteiger partial charge is 0.493 e. The van der Waals surface area contributed by atoms with E-state index in [-0.39, 0.29) is 5.54 Å². The predicted molar refractivity (Wildman–Crippen MR) is 84.4 cm³/mol. The summed E-state index contributed by atoms with van der Waals surface area (Å²) in [6, 6.07) is 4.09. The molecule has 4 nitrogen and oxygen atoms in total. The molecule has 0 aromatic heterocycles. The first-order valence-corrected chi connectivity index (χ1v) is 7.89. The highest BCUT2D eigenvalue weighted by atomic mass is 16.6. The molecule has 21 heavy (non-hydrogen) atoms. The number of fused-ring (bicyclic) bond motifs is 1. The summed E-state index contributed by atoms with van der Waals surface area (Å²) >= 11 is 0. The molecule has 0 radical (unpaired) electrons. The molecule has 1 aromatic carbocycles. The molecule has 1 aromatic rings. The molecule has 4 heteroatoms. The third-order valence-electron chi connectivity index (χ3n) is 4.59. The van der Waals surface area contributed by atoms with Crippen molar-refractivity contribution in [3.63, 3.8) is 0 Å². The van der Waals surface area contributed by atoms with Gasteiger partial charge in [-0.15, -0.1) is 0 Å². The third kappa shape index (κ3) is 3.43. The lowest BCUT2D eigenvalue weighted by atomic mass is 9.89. The minimum Gasteiger partial charge on any atom is -0.493 e. The van der Waals surface area contributed by atoms with E-state index in [2.05, 4.69) is 32.2 Å². The highest BCUT2D eigenvalue weighted by molar-refractivity contribution is 5.54. The number of methoxy groups -OCH3 is 1. The zero-order valence-corrected chi connectivity index (χ0v) is 13.6. The molecule has 1 aliphatic rings. The second kappa shape index (κ2) is 7.03. The van der Waals surface area contributed by atoms with Gasteiger partial charge < -0.3 is 19.5 Å². The zero-order valence-electron chi connectivity index (χ0n) is 13.6. The van der Waals surface area contributed by atoms with E-state index in [0.717, 1.165) is 48.6 Å². The lowest BCUT2D eigenvalue weighted by Gasteiger charge is -2.32. The lowest BCUT2D eigenvalue weighted by molar-refractivity contribution is 0.164. The van der Waals surface area contributed by atoms with Gasteiger partial charge in [0.15, 0.2) is 11.5 Å². The van der Waals surface area contributed by atoms with Gasteiger partial charge in [0.2, 0.25) is 5.75 Å². The van der Waals surface area contributed by atoms with Crippen LogP contribution in [0.5, 0.6) is 17.2 Å².